The molecule has 0 saturated heterocycles. The minimum absolute atomic E-state index is 0.306. The lowest BCUT2D eigenvalue weighted by molar-refractivity contribution is 0.102. The highest BCUT2D eigenvalue weighted by Crippen LogP contribution is 2.37. The van der Waals surface area contributed by atoms with Crippen LogP contribution in [0.3, 0.4) is 0 Å². The lowest BCUT2D eigenvalue weighted by Crippen LogP contribution is -2.12. The summed E-state index contributed by atoms with van der Waals surface area (Å²) in [6, 6.07) is 9.89. The number of carbonyl (C=O) groups is 1. The maximum Gasteiger partial charge on any atom is 0.255 e. The summed E-state index contributed by atoms with van der Waals surface area (Å²) in [4.78, 5) is 13.0. The van der Waals surface area contributed by atoms with Crippen LogP contribution in [0.2, 0.25) is 5.02 Å². The van der Waals surface area contributed by atoms with Crippen molar-refractivity contribution in [2.75, 3.05) is 24.8 Å². The van der Waals surface area contributed by atoms with Gasteiger partial charge in [-0.15, -0.1) is 0 Å². The summed E-state index contributed by atoms with van der Waals surface area (Å²) in [5.74, 6) is 0.828. The fourth-order valence-corrected chi connectivity index (χ4v) is 2.99. The number of rotatable bonds is 3. The first-order chi connectivity index (χ1) is 11.5. The first-order valence-electron chi connectivity index (χ1n) is 7.38. The third-order valence-electron chi connectivity index (χ3n) is 3.53. The molecular weight excluding hydrogens is 350 g/mol. The average molecular weight is 366 g/mol. The van der Waals surface area contributed by atoms with E-state index >= 15 is 0 Å². The van der Waals surface area contributed by atoms with E-state index in [-0.39, 0.29) is 5.91 Å². The third kappa shape index (κ3) is 3.71. The van der Waals surface area contributed by atoms with Gasteiger partial charge in [0.25, 0.3) is 5.91 Å². The highest BCUT2D eigenvalue weighted by molar-refractivity contribution is 7.84. The number of fused-ring (bicyclic) bond motifs is 1. The van der Waals surface area contributed by atoms with Crippen molar-refractivity contribution in [1.29, 1.82) is 0 Å². The van der Waals surface area contributed by atoms with Crippen molar-refractivity contribution in [1.82, 2.24) is 0 Å². The quantitative estimate of drug-likeness (QED) is 0.904. The van der Waals surface area contributed by atoms with Crippen molar-refractivity contribution in [2.45, 2.75) is 11.3 Å². The summed E-state index contributed by atoms with van der Waals surface area (Å²) in [6.07, 6.45) is 2.38. The largest absolute Gasteiger partial charge is 0.490 e. The number of halogens is 1. The molecule has 0 saturated carbocycles. The van der Waals surface area contributed by atoms with Crippen LogP contribution in [0.15, 0.2) is 41.3 Å². The van der Waals surface area contributed by atoms with Gasteiger partial charge in [-0.05, 0) is 24.3 Å². The molecule has 0 radical (unpaired) electrons. The van der Waals surface area contributed by atoms with Crippen LogP contribution in [0, 0.1) is 0 Å². The normalized spacial score (nSPS) is 14.6. The Hall–Kier alpha value is -2.05. The van der Waals surface area contributed by atoms with E-state index in [1.165, 1.54) is 0 Å². The van der Waals surface area contributed by atoms with E-state index in [1.807, 2.05) is 0 Å². The summed E-state index contributed by atoms with van der Waals surface area (Å²) >= 11 is 6.22. The minimum Gasteiger partial charge on any atom is -0.490 e. The predicted octanol–water partition coefficient (Wildman–Crippen LogP) is 3.49. The summed E-state index contributed by atoms with van der Waals surface area (Å²) in [5.41, 5.74) is 0.904. The fourth-order valence-electron chi connectivity index (χ4n) is 2.27. The Kier molecular flexibility index (Phi) is 5.06. The molecule has 1 aliphatic rings. The molecule has 0 fully saturated rings. The van der Waals surface area contributed by atoms with Gasteiger partial charge in [0.05, 0.1) is 23.9 Å². The molecule has 1 unspecified atom stereocenters. The van der Waals surface area contributed by atoms with Crippen molar-refractivity contribution < 1.29 is 18.5 Å². The lowest BCUT2D eigenvalue weighted by Gasteiger charge is -2.12. The van der Waals surface area contributed by atoms with Crippen LogP contribution >= 0.6 is 11.6 Å². The molecule has 1 N–H and O–H groups in total. The number of ether oxygens (including phenoxy) is 2. The molecule has 24 heavy (non-hydrogen) atoms. The SMILES string of the molecule is CS(=O)c1ccc(C(=O)Nc2cc3c(cc2Cl)OCCCO3)cc1. The molecule has 3 rings (SSSR count). The second kappa shape index (κ2) is 7.23. The average Bonchev–Trinajstić information content (AvgIpc) is 2.80. The summed E-state index contributed by atoms with van der Waals surface area (Å²) in [6.45, 7) is 1.12. The topological polar surface area (TPSA) is 64.6 Å². The molecule has 0 aromatic heterocycles. The molecule has 0 bridgehead atoms. The van der Waals surface area contributed by atoms with E-state index in [9.17, 15) is 9.00 Å². The van der Waals surface area contributed by atoms with E-state index in [2.05, 4.69) is 5.32 Å². The second-order valence-corrected chi connectivity index (χ2v) is 7.05. The number of hydrogen-bond donors (Lipinski definition) is 1. The molecular formula is C17H16ClNO4S. The van der Waals surface area contributed by atoms with Gasteiger partial charge in [-0.25, -0.2) is 0 Å². The van der Waals surface area contributed by atoms with Gasteiger partial charge in [-0.1, -0.05) is 11.6 Å². The van der Waals surface area contributed by atoms with E-state index in [1.54, 1.807) is 42.7 Å². The Morgan fingerprint density at radius 2 is 1.75 bits per heavy atom. The van der Waals surface area contributed by atoms with Crippen LogP contribution in [0.25, 0.3) is 0 Å². The number of benzene rings is 2. The molecule has 1 heterocycles. The standard InChI is InChI=1S/C17H16ClNO4S/c1-24(21)12-5-3-11(4-6-12)17(20)19-14-10-16-15(9-13(14)18)22-7-2-8-23-16/h3-6,9-10H,2,7-8H2,1H3,(H,19,20). The van der Waals surface area contributed by atoms with Crippen LogP contribution in [0.5, 0.6) is 11.5 Å². The van der Waals surface area contributed by atoms with Gasteiger partial charge < -0.3 is 14.8 Å². The Balaban J connectivity index is 1.81. The number of anilines is 1. The Labute approximate surface area is 147 Å². The minimum atomic E-state index is -1.08. The Bertz CT molecular complexity index is 792. The first-order valence-corrected chi connectivity index (χ1v) is 9.32. The maximum atomic E-state index is 12.4. The smallest absolute Gasteiger partial charge is 0.255 e. The molecule has 1 atom stereocenters. The zero-order valence-electron chi connectivity index (χ0n) is 13.0. The highest BCUT2D eigenvalue weighted by Gasteiger charge is 2.16. The maximum absolute atomic E-state index is 12.4. The van der Waals surface area contributed by atoms with Gasteiger partial charge in [0.1, 0.15) is 0 Å². The number of hydrogen-bond acceptors (Lipinski definition) is 4. The van der Waals surface area contributed by atoms with Crippen LogP contribution in [0.1, 0.15) is 16.8 Å². The molecule has 126 valence electrons. The van der Waals surface area contributed by atoms with E-state index in [4.69, 9.17) is 21.1 Å². The fraction of sp³-hybridized carbons (Fsp3) is 0.235. The van der Waals surface area contributed by atoms with E-state index < -0.39 is 10.8 Å². The number of carbonyl (C=O) groups excluding carboxylic acids is 1. The van der Waals surface area contributed by atoms with Crippen molar-refractivity contribution in [3.63, 3.8) is 0 Å². The molecule has 5 nitrogen and oxygen atoms in total. The van der Waals surface area contributed by atoms with Crippen LogP contribution in [-0.2, 0) is 10.8 Å². The van der Waals surface area contributed by atoms with Crippen LogP contribution in [-0.4, -0.2) is 29.6 Å². The van der Waals surface area contributed by atoms with Gasteiger partial charge in [-0.2, -0.15) is 0 Å². The van der Waals surface area contributed by atoms with E-state index in [0.717, 1.165) is 6.42 Å². The zero-order chi connectivity index (χ0) is 17.1. The molecule has 2 aromatic carbocycles. The van der Waals surface area contributed by atoms with Crippen molar-refractivity contribution in [3.05, 3.63) is 47.0 Å². The summed E-state index contributed by atoms with van der Waals surface area (Å²) in [5, 5.41) is 3.14. The molecule has 1 aliphatic heterocycles. The molecule has 2 aromatic rings. The van der Waals surface area contributed by atoms with Gasteiger partial charge in [0.15, 0.2) is 11.5 Å². The third-order valence-corrected chi connectivity index (χ3v) is 4.78. The van der Waals surface area contributed by atoms with Crippen molar-refractivity contribution in [3.8, 4) is 11.5 Å². The van der Waals surface area contributed by atoms with Gasteiger partial charge >= 0.3 is 0 Å². The summed E-state index contributed by atoms with van der Waals surface area (Å²) in [7, 11) is -1.08. The van der Waals surface area contributed by atoms with Gasteiger partial charge in [0.2, 0.25) is 0 Å². The first kappa shape index (κ1) is 16.8. The van der Waals surface area contributed by atoms with E-state index in [0.29, 0.717) is 45.9 Å². The molecule has 0 spiro atoms. The number of nitrogens with one attached hydrogen (secondary N) is 1. The Morgan fingerprint density at radius 3 is 2.38 bits per heavy atom. The van der Waals surface area contributed by atoms with Gasteiger partial charge in [-0.3, -0.25) is 9.00 Å². The van der Waals surface area contributed by atoms with Crippen molar-refractivity contribution >= 4 is 34.0 Å². The second-order valence-electron chi connectivity index (χ2n) is 5.26. The monoisotopic (exact) mass is 365 g/mol. The highest BCUT2D eigenvalue weighted by atomic mass is 35.5. The van der Waals surface area contributed by atoms with Crippen molar-refractivity contribution in [2.24, 2.45) is 0 Å². The lowest BCUT2D eigenvalue weighted by atomic mass is 10.2. The van der Waals surface area contributed by atoms with Gasteiger partial charge in [0, 0.05) is 46.1 Å². The molecule has 7 heteroatoms. The zero-order valence-corrected chi connectivity index (χ0v) is 14.6. The molecule has 1 amide bonds. The molecule has 0 aliphatic carbocycles. The summed E-state index contributed by atoms with van der Waals surface area (Å²) < 4.78 is 22.6. The van der Waals surface area contributed by atoms with Crippen LogP contribution < -0.4 is 14.8 Å². The Morgan fingerprint density at radius 1 is 1.12 bits per heavy atom. The van der Waals surface area contributed by atoms with Crippen LogP contribution in [0.4, 0.5) is 5.69 Å². The predicted molar refractivity (Wildman–Crippen MR) is 93.8 cm³/mol. The number of amides is 1.